The van der Waals surface area contributed by atoms with E-state index in [2.05, 4.69) is 85.7 Å². The molecular weight excluding hydrogens is 1130 g/mol. The summed E-state index contributed by atoms with van der Waals surface area (Å²) >= 11 is 6.71. The average molecular weight is 1200 g/mol. The Balaban J connectivity index is 0.740. The zero-order chi connectivity index (χ0) is 58.3. The van der Waals surface area contributed by atoms with E-state index in [9.17, 15) is 23.3 Å². The Labute approximate surface area is 499 Å². The number of carbonyl (C=O) groups excluding carboxylic acids is 1. The van der Waals surface area contributed by atoms with Crippen LogP contribution < -0.4 is 38.8 Å². The average Bonchev–Trinajstić information content (AvgIpc) is 1.90. The first kappa shape index (κ1) is 56.0. The van der Waals surface area contributed by atoms with Crippen molar-refractivity contribution < 1.29 is 46.6 Å². The van der Waals surface area contributed by atoms with Gasteiger partial charge < -0.3 is 48.5 Å². The summed E-state index contributed by atoms with van der Waals surface area (Å²) in [4.78, 5) is 44.4. The highest BCUT2D eigenvalue weighted by Gasteiger charge is 2.51. The molecule has 9 heterocycles. The Morgan fingerprint density at radius 3 is 2.51 bits per heavy atom. The number of piperazine rings is 1. The topological polar surface area (TPSA) is 215 Å². The summed E-state index contributed by atoms with van der Waals surface area (Å²) in [5, 5.41) is 17.5. The molecule has 4 saturated heterocycles. The molecule has 1 spiro atoms. The second-order valence-electron chi connectivity index (χ2n) is 24.7. The molecule has 2 aromatic heterocycles. The maximum atomic E-state index is 15.0. The number of fused-ring (bicyclic) bond motifs is 5. The number of hydrogen-bond acceptors (Lipinski definition) is 17. The predicted molar refractivity (Wildman–Crippen MR) is 322 cm³/mol. The van der Waals surface area contributed by atoms with E-state index in [4.69, 9.17) is 45.0 Å². The third-order valence-corrected chi connectivity index (χ3v) is 20.8. The summed E-state index contributed by atoms with van der Waals surface area (Å²) in [6, 6.07) is 24.5. The molecule has 5 atom stereocenters. The Morgan fingerprint density at radius 2 is 1.69 bits per heavy atom. The number of halogens is 1. The van der Waals surface area contributed by atoms with Gasteiger partial charge in [0.05, 0.1) is 58.5 Å². The SMILES string of the molecule is Cc1cc(Cl)cc2c1OCC[C@H]2N1CCN(C2CC3(CCN(c4ccc(C(=O)NS(=O)(=O)c5cc6c(c([N+](=O)[O-])c5)N[C@H](C5CCOCC5)CO6)c(N5c6cc7cc[nH]c7nc6O[C@H]6COCC[C@@H]65)c4)CC3)C2)[C@H](c2ccccc2OC(C)C)C1. The van der Waals surface area contributed by atoms with Crippen LogP contribution in [-0.4, -0.2) is 142 Å². The largest absolute Gasteiger partial charge is 0.493 e. The van der Waals surface area contributed by atoms with Gasteiger partial charge in [0, 0.05) is 117 Å². The second kappa shape index (κ2) is 22.4. The van der Waals surface area contributed by atoms with Crippen LogP contribution in [0.4, 0.5) is 28.4 Å². The van der Waals surface area contributed by atoms with Crippen LogP contribution in [0.15, 0.2) is 90.0 Å². The zero-order valence-electron chi connectivity index (χ0n) is 48.1. The lowest BCUT2D eigenvalue weighted by Gasteiger charge is -2.59. The van der Waals surface area contributed by atoms with Gasteiger partial charge in [-0.05, 0) is 131 Å². The van der Waals surface area contributed by atoms with Gasteiger partial charge in [-0.1, -0.05) is 29.8 Å². The fourth-order valence-corrected chi connectivity index (χ4v) is 16.3. The fourth-order valence-electron chi connectivity index (χ4n) is 15.0. The van der Waals surface area contributed by atoms with Gasteiger partial charge in [0.25, 0.3) is 21.6 Å². The van der Waals surface area contributed by atoms with Gasteiger partial charge in [-0.2, -0.15) is 4.98 Å². The first-order valence-electron chi connectivity index (χ1n) is 30.1. The van der Waals surface area contributed by atoms with Gasteiger partial charge in [-0.3, -0.25) is 24.7 Å². The predicted octanol–water partition coefficient (Wildman–Crippen LogP) is 10.3. The van der Waals surface area contributed by atoms with Crippen molar-refractivity contribution in [3.8, 4) is 23.1 Å². The molecule has 5 fully saturated rings. The third-order valence-electron chi connectivity index (χ3n) is 19.3. The Bertz CT molecular complexity index is 3680. The highest BCUT2D eigenvalue weighted by Crippen LogP contribution is 2.55. The Kier molecular flexibility index (Phi) is 14.8. The van der Waals surface area contributed by atoms with Crippen molar-refractivity contribution >= 4 is 67.0 Å². The summed E-state index contributed by atoms with van der Waals surface area (Å²) in [5.41, 5.74) is 5.98. The van der Waals surface area contributed by atoms with Crippen molar-refractivity contribution in [1.82, 2.24) is 24.5 Å². The van der Waals surface area contributed by atoms with E-state index >= 15 is 0 Å². The Morgan fingerprint density at radius 1 is 0.882 bits per heavy atom. The van der Waals surface area contributed by atoms with Gasteiger partial charge >= 0.3 is 0 Å². The first-order chi connectivity index (χ1) is 41.2. The molecule has 3 N–H and O–H groups in total. The minimum atomic E-state index is -4.72. The highest BCUT2D eigenvalue weighted by atomic mass is 35.5. The third kappa shape index (κ3) is 10.5. The molecule has 0 bridgehead atoms. The number of para-hydroxylation sites is 1. The first-order valence-corrected chi connectivity index (χ1v) is 32.0. The van der Waals surface area contributed by atoms with Gasteiger partial charge in [0.15, 0.2) is 11.4 Å². The standard InChI is InChI=1S/C63H72ClN9O11S/c1-37(2)83-55-7-5-4-6-45(55)54-34-70(49-14-25-81-59-38(3)26-41(64)28-47(49)59)20-21-71(54)43-32-63(33-43)15-18-69(19-16-63)42-8-9-46(51(29-42)72-50-13-24-80-36-57(50)84-62-53(72)27-40-10-17-65-60(40)67-62)61(74)68-85(77,78)44-30-52(73(75)76)58-56(31-44)82-35-48(66-58)39-11-22-79-23-12-39/h4-10,17,26-31,37,39,43,48-50,54,57,66H,11-16,18-25,32-36H2,1-3H3,(H,65,67)(H,68,74)/t48-,49+,50-,54-,57-/m0/s1. The number of aryl methyl sites for hydroxylation is 1. The minimum Gasteiger partial charge on any atom is -0.493 e. The summed E-state index contributed by atoms with van der Waals surface area (Å²) < 4.78 is 68.2. The van der Waals surface area contributed by atoms with Crippen LogP contribution in [0.3, 0.4) is 0 Å². The summed E-state index contributed by atoms with van der Waals surface area (Å²) in [6.45, 7) is 13.3. The molecule has 7 aliphatic heterocycles. The van der Waals surface area contributed by atoms with E-state index in [0.29, 0.717) is 61.8 Å². The summed E-state index contributed by atoms with van der Waals surface area (Å²) in [5.74, 6) is 1.53. The van der Waals surface area contributed by atoms with Gasteiger partial charge in [-0.15, -0.1) is 0 Å². The van der Waals surface area contributed by atoms with Crippen LogP contribution in [-0.2, 0) is 19.5 Å². The van der Waals surface area contributed by atoms with Gasteiger partial charge in [0.1, 0.15) is 35.5 Å². The highest BCUT2D eigenvalue weighted by molar-refractivity contribution is 7.90. The summed E-state index contributed by atoms with van der Waals surface area (Å²) in [7, 11) is -4.72. The molecule has 14 rings (SSSR count). The Hall–Kier alpha value is -6.88. The molecule has 0 unspecified atom stereocenters. The molecule has 22 heteroatoms. The second-order valence-corrected chi connectivity index (χ2v) is 26.8. The zero-order valence-corrected chi connectivity index (χ0v) is 49.7. The van der Waals surface area contributed by atoms with E-state index < -0.39 is 37.5 Å². The number of carbonyl (C=O) groups is 1. The molecular formula is C63H72ClN9O11S. The van der Waals surface area contributed by atoms with E-state index in [-0.39, 0.29) is 71.8 Å². The number of nitro groups is 1. The lowest BCUT2D eigenvalue weighted by molar-refractivity contribution is -0.384. The minimum absolute atomic E-state index is 0.0227. The maximum absolute atomic E-state index is 15.0. The number of piperidine rings is 1. The number of H-pyrrole nitrogens is 1. The van der Waals surface area contributed by atoms with Crippen molar-refractivity contribution in [2.75, 3.05) is 87.5 Å². The number of nitrogens with zero attached hydrogens (tertiary/aromatic N) is 6. The summed E-state index contributed by atoms with van der Waals surface area (Å²) in [6.07, 6.45) is 8.49. The van der Waals surface area contributed by atoms with Crippen molar-refractivity contribution in [3.63, 3.8) is 0 Å². The molecule has 8 aliphatic rings. The molecule has 20 nitrogen and oxygen atoms in total. The van der Waals surface area contributed by atoms with Crippen molar-refractivity contribution in [3.05, 3.63) is 122 Å². The number of nitro benzene ring substituents is 1. The van der Waals surface area contributed by atoms with Gasteiger partial charge in [-0.25, -0.2) is 13.1 Å². The molecule has 1 amide bonds. The lowest BCUT2D eigenvalue weighted by atomic mass is 9.59. The number of aromatic amines is 1. The number of aromatic nitrogens is 2. The molecule has 4 aromatic carbocycles. The van der Waals surface area contributed by atoms with E-state index in [1.54, 1.807) is 6.07 Å². The quantitative estimate of drug-likeness (QED) is 0.0767. The van der Waals surface area contributed by atoms with Crippen LogP contribution in [0.25, 0.3) is 11.0 Å². The number of ether oxygens (including phenoxy) is 6. The van der Waals surface area contributed by atoms with Crippen molar-refractivity contribution in [2.24, 2.45) is 11.3 Å². The number of nitrogens with one attached hydrogen (secondary N) is 3. The van der Waals surface area contributed by atoms with Crippen LogP contribution in [0.2, 0.25) is 5.02 Å². The molecule has 448 valence electrons. The van der Waals surface area contributed by atoms with Crippen LogP contribution in [0, 0.1) is 28.4 Å². The molecule has 1 aliphatic carbocycles. The number of rotatable bonds is 12. The molecule has 6 aromatic rings. The van der Waals surface area contributed by atoms with Crippen LogP contribution in [0.1, 0.15) is 104 Å². The normalized spacial score (nSPS) is 24.4. The van der Waals surface area contributed by atoms with Crippen LogP contribution >= 0.6 is 11.6 Å². The number of hydrogen-bond donors (Lipinski definition) is 3. The van der Waals surface area contributed by atoms with E-state index in [1.807, 2.05) is 36.5 Å². The maximum Gasteiger partial charge on any atom is 0.297 e. The smallest absolute Gasteiger partial charge is 0.297 e. The number of amides is 1. The molecule has 1 saturated carbocycles. The number of anilines is 4. The van der Waals surface area contributed by atoms with E-state index in [0.717, 1.165) is 117 Å². The number of sulfonamides is 1. The van der Waals surface area contributed by atoms with Crippen molar-refractivity contribution in [2.45, 2.75) is 119 Å². The molecule has 0 radical (unpaired) electrons. The lowest BCUT2D eigenvalue weighted by Crippen LogP contribution is -2.60. The van der Waals surface area contributed by atoms with E-state index in [1.165, 1.54) is 17.2 Å². The van der Waals surface area contributed by atoms with Crippen molar-refractivity contribution in [1.29, 1.82) is 0 Å². The monoisotopic (exact) mass is 1200 g/mol. The van der Waals surface area contributed by atoms with Crippen LogP contribution in [0.5, 0.6) is 23.1 Å². The number of pyridine rings is 1. The number of benzene rings is 4. The fraction of sp³-hybridized carbons (Fsp3) is 0.492. The van der Waals surface area contributed by atoms with Gasteiger partial charge in [0.2, 0.25) is 5.88 Å². The molecule has 85 heavy (non-hydrogen) atoms.